The lowest BCUT2D eigenvalue weighted by Crippen LogP contribution is -2.38. The number of halogens is 1. The highest BCUT2D eigenvalue weighted by atomic mass is 19.1. The molecule has 1 aromatic rings. The van der Waals surface area contributed by atoms with Gasteiger partial charge in [0.2, 0.25) is 0 Å². The Hall–Kier alpha value is -0.930. The normalized spacial score (nSPS) is 18.5. The molecule has 3 heteroatoms. The number of aliphatic hydroxyl groups is 1. The molecule has 2 nitrogen and oxygen atoms in total. The molecule has 2 rings (SSSR count). The van der Waals surface area contributed by atoms with Crippen molar-refractivity contribution in [1.29, 1.82) is 0 Å². The zero-order valence-corrected chi connectivity index (χ0v) is 11.2. The molecule has 1 aliphatic rings. The number of nitrogens with zero attached hydrogens (tertiary/aromatic N) is 1. The Balaban J connectivity index is 1.98. The van der Waals surface area contributed by atoms with Crippen LogP contribution in [-0.4, -0.2) is 29.2 Å². The summed E-state index contributed by atoms with van der Waals surface area (Å²) >= 11 is 0. The Bertz CT molecular complexity index is 413. The van der Waals surface area contributed by atoms with E-state index in [0.29, 0.717) is 13.1 Å². The average molecular weight is 251 g/mol. The van der Waals surface area contributed by atoms with Gasteiger partial charge in [-0.2, -0.15) is 0 Å². The van der Waals surface area contributed by atoms with Gasteiger partial charge >= 0.3 is 0 Å². The molecule has 0 radical (unpaired) electrons. The minimum Gasteiger partial charge on any atom is -0.389 e. The van der Waals surface area contributed by atoms with Gasteiger partial charge < -0.3 is 5.11 Å². The summed E-state index contributed by atoms with van der Waals surface area (Å²) in [6, 6.07) is 4.89. The Morgan fingerprint density at radius 1 is 1.33 bits per heavy atom. The van der Waals surface area contributed by atoms with Gasteiger partial charge in [-0.25, -0.2) is 4.39 Å². The second-order valence-corrected chi connectivity index (χ2v) is 5.67. The molecule has 0 aromatic heterocycles. The van der Waals surface area contributed by atoms with Crippen LogP contribution >= 0.6 is 0 Å². The predicted octanol–water partition coefficient (Wildman–Crippen LogP) is 2.87. The zero-order valence-electron chi connectivity index (χ0n) is 11.2. The lowest BCUT2D eigenvalue weighted by atomic mass is 10.0. The number of hydrogen-bond donors (Lipinski definition) is 1. The van der Waals surface area contributed by atoms with Gasteiger partial charge in [-0.1, -0.05) is 18.9 Å². The molecule has 0 spiro atoms. The molecule has 1 saturated carbocycles. The van der Waals surface area contributed by atoms with Crippen LogP contribution in [0.5, 0.6) is 0 Å². The van der Waals surface area contributed by atoms with E-state index >= 15 is 0 Å². The average Bonchev–Trinajstić information content (AvgIpc) is 2.70. The fourth-order valence-corrected chi connectivity index (χ4v) is 2.85. The van der Waals surface area contributed by atoms with Crippen LogP contribution in [0.2, 0.25) is 0 Å². The molecule has 0 saturated heterocycles. The van der Waals surface area contributed by atoms with Crippen LogP contribution in [-0.2, 0) is 6.54 Å². The van der Waals surface area contributed by atoms with Crippen molar-refractivity contribution in [2.24, 2.45) is 0 Å². The van der Waals surface area contributed by atoms with Crippen LogP contribution < -0.4 is 0 Å². The van der Waals surface area contributed by atoms with Gasteiger partial charge in [0.05, 0.1) is 5.60 Å². The number of benzene rings is 1. The molecule has 1 aromatic carbocycles. The van der Waals surface area contributed by atoms with E-state index in [4.69, 9.17) is 0 Å². The largest absolute Gasteiger partial charge is 0.389 e. The highest BCUT2D eigenvalue weighted by Gasteiger charge is 2.32. The van der Waals surface area contributed by atoms with Crippen molar-refractivity contribution >= 4 is 0 Å². The summed E-state index contributed by atoms with van der Waals surface area (Å²) in [7, 11) is 1.99. The molecule has 18 heavy (non-hydrogen) atoms. The highest BCUT2D eigenvalue weighted by Crippen LogP contribution is 2.30. The minimum absolute atomic E-state index is 0.191. The SMILES string of the molecule is Cc1ccc(F)cc1CN(C)CC1(O)CCCC1. The zero-order chi connectivity index (χ0) is 13.2. The Labute approximate surface area is 108 Å². The van der Waals surface area contributed by atoms with E-state index < -0.39 is 5.60 Å². The smallest absolute Gasteiger partial charge is 0.123 e. The van der Waals surface area contributed by atoms with Crippen LogP contribution in [0.3, 0.4) is 0 Å². The van der Waals surface area contributed by atoms with Crippen molar-refractivity contribution in [2.45, 2.75) is 44.8 Å². The number of likely N-dealkylation sites (N-methyl/N-ethyl adjacent to an activating group) is 1. The molecule has 1 N–H and O–H groups in total. The second-order valence-electron chi connectivity index (χ2n) is 5.67. The topological polar surface area (TPSA) is 23.5 Å². The van der Waals surface area contributed by atoms with Gasteiger partial charge in [0.25, 0.3) is 0 Å². The van der Waals surface area contributed by atoms with E-state index in [1.54, 1.807) is 6.07 Å². The van der Waals surface area contributed by atoms with Gasteiger partial charge in [0.15, 0.2) is 0 Å². The third-order valence-electron chi connectivity index (χ3n) is 3.85. The molecular weight excluding hydrogens is 229 g/mol. The van der Waals surface area contributed by atoms with Gasteiger partial charge in [0.1, 0.15) is 5.82 Å². The van der Waals surface area contributed by atoms with Gasteiger partial charge in [-0.3, -0.25) is 4.90 Å². The molecule has 0 amide bonds. The Kier molecular flexibility index (Phi) is 4.03. The fraction of sp³-hybridized carbons (Fsp3) is 0.600. The van der Waals surface area contributed by atoms with Crippen LogP contribution in [0.1, 0.15) is 36.8 Å². The number of rotatable bonds is 4. The third-order valence-corrected chi connectivity index (χ3v) is 3.85. The summed E-state index contributed by atoms with van der Waals surface area (Å²) in [5.41, 5.74) is 1.57. The first-order valence-electron chi connectivity index (χ1n) is 6.64. The van der Waals surface area contributed by atoms with E-state index in [-0.39, 0.29) is 5.82 Å². The van der Waals surface area contributed by atoms with E-state index in [9.17, 15) is 9.50 Å². The predicted molar refractivity (Wildman–Crippen MR) is 70.9 cm³/mol. The van der Waals surface area contributed by atoms with Crippen LogP contribution in [0, 0.1) is 12.7 Å². The standard InChI is InChI=1S/C15H22FNO/c1-12-5-6-14(16)9-13(12)10-17(2)11-15(18)7-3-4-8-15/h5-6,9,18H,3-4,7-8,10-11H2,1-2H3. The first kappa shape index (κ1) is 13.5. The number of aryl methyl sites for hydroxylation is 1. The van der Waals surface area contributed by atoms with Crippen LogP contribution in [0.4, 0.5) is 4.39 Å². The summed E-state index contributed by atoms with van der Waals surface area (Å²) in [5.74, 6) is -0.191. The molecule has 0 bridgehead atoms. The van der Waals surface area contributed by atoms with Crippen LogP contribution in [0.25, 0.3) is 0 Å². The molecule has 1 fully saturated rings. The Morgan fingerprint density at radius 2 is 2.00 bits per heavy atom. The van der Waals surface area contributed by atoms with Crippen molar-refractivity contribution in [3.63, 3.8) is 0 Å². The molecule has 0 atom stereocenters. The minimum atomic E-state index is -0.532. The third kappa shape index (κ3) is 3.30. The van der Waals surface area contributed by atoms with Gasteiger partial charge in [-0.15, -0.1) is 0 Å². The van der Waals surface area contributed by atoms with E-state index in [1.165, 1.54) is 6.07 Å². The Morgan fingerprint density at radius 3 is 2.67 bits per heavy atom. The van der Waals surface area contributed by atoms with Crippen molar-refractivity contribution in [2.75, 3.05) is 13.6 Å². The quantitative estimate of drug-likeness (QED) is 0.889. The summed E-state index contributed by atoms with van der Waals surface area (Å²) in [6.45, 7) is 3.35. The molecule has 0 unspecified atom stereocenters. The van der Waals surface area contributed by atoms with Crippen molar-refractivity contribution < 1.29 is 9.50 Å². The molecule has 100 valence electrons. The lowest BCUT2D eigenvalue weighted by Gasteiger charge is -2.29. The van der Waals surface area contributed by atoms with Crippen molar-refractivity contribution in [3.8, 4) is 0 Å². The summed E-state index contributed by atoms with van der Waals surface area (Å²) in [6.07, 6.45) is 4.01. The van der Waals surface area contributed by atoms with Crippen molar-refractivity contribution in [3.05, 3.63) is 35.1 Å². The van der Waals surface area contributed by atoms with Gasteiger partial charge in [-0.05, 0) is 50.1 Å². The summed E-state index contributed by atoms with van der Waals surface area (Å²) in [4.78, 5) is 2.09. The fourth-order valence-electron chi connectivity index (χ4n) is 2.85. The molecule has 1 aliphatic carbocycles. The second kappa shape index (κ2) is 5.37. The lowest BCUT2D eigenvalue weighted by molar-refractivity contribution is 0.0145. The van der Waals surface area contributed by atoms with Gasteiger partial charge in [0, 0.05) is 13.1 Å². The monoisotopic (exact) mass is 251 g/mol. The first-order chi connectivity index (χ1) is 8.48. The maximum Gasteiger partial charge on any atom is 0.123 e. The molecular formula is C15H22FNO. The molecule has 0 aliphatic heterocycles. The van der Waals surface area contributed by atoms with E-state index in [1.807, 2.05) is 20.0 Å². The maximum absolute atomic E-state index is 13.2. The van der Waals surface area contributed by atoms with E-state index in [0.717, 1.165) is 36.8 Å². The highest BCUT2D eigenvalue weighted by molar-refractivity contribution is 5.26. The first-order valence-corrected chi connectivity index (χ1v) is 6.64. The number of hydrogen-bond acceptors (Lipinski definition) is 2. The molecule has 0 heterocycles. The summed E-state index contributed by atoms with van der Waals surface area (Å²) in [5, 5.41) is 10.3. The van der Waals surface area contributed by atoms with E-state index in [2.05, 4.69) is 4.90 Å². The maximum atomic E-state index is 13.2. The summed E-state index contributed by atoms with van der Waals surface area (Å²) < 4.78 is 13.2. The van der Waals surface area contributed by atoms with Crippen LogP contribution in [0.15, 0.2) is 18.2 Å². The van der Waals surface area contributed by atoms with Crippen molar-refractivity contribution in [1.82, 2.24) is 4.90 Å².